The van der Waals surface area contributed by atoms with E-state index in [2.05, 4.69) is 9.89 Å². The normalized spacial score (nSPS) is 19.1. The molecule has 3 aromatic rings. The smallest absolute Gasteiger partial charge is 0.338 e. The Balaban J connectivity index is 1.45. The summed E-state index contributed by atoms with van der Waals surface area (Å²) in [7, 11) is 0. The molecule has 1 fully saturated rings. The first-order valence-electron chi connectivity index (χ1n) is 12.5. The molecule has 3 aliphatic rings. The quantitative estimate of drug-likeness (QED) is 0.476. The number of esters is 1. The van der Waals surface area contributed by atoms with Crippen LogP contribution in [0.15, 0.2) is 55.8 Å². The number of rotatable bonds is 5. The molecule has 10 heteroatoms. The molecule has 192 valence electrons. The topological polar surface area (TPSA) is 95.5 Å². The van der Waals surface area contributed by atoms with Gasteiger partial charge in [0.15, 0.2) is 22.2 Å². The molecule has 1 atom stereocenters. The van der Waals surface area contributed by atoms with Crippen LogP contribution >= 0.6 is 11.3 Å². The zero-order valence-corrected chi connectivity index (χ0v) is 21.5. The van der Waals surface area contributed by atoms with Gasteiger partial charge >= 0.3 is 5.97 Å². The number of carbonyl (C=O) groups is 1. The fourth-order valence-electron chi connectivity index (χ4n) is 5.02. The van der Waals surface area contributed by atoms with Crippen molar-refractivity contribution in [2.24, 2.45) is 4.99 Å². The Morgan fingerprint density at radius 1 is 1.16 bits per heavy atom. The first-order valence-corrected chi connectivity index (χ1v) is 13.3. The third-order valence-electron chi connectivity index (χ3n) is 6.78. The molecular weight excluding hydrogens is 494 g/mol. The molecule has 0 aliphatic carbocycles. The molecule has 0 N–H and O–H groups in total. The monoisotopic (exact) mass is 521 g/mol. The highest BCUT2D eigenvalue weighted by Gasteiger charge is 2.34. The lowest BCUT2D eigenvalue weighted by atomic mass is 9.95. The van der Waals surface area contributed by atoms with E-state index in [4.69, 9.17) is 18.6 Å². The van der Waals surface area contributed by atoms with Crippen LogP contribution < -0.4 is 29.3 Å². The van der Waals surface area contributed by atoms with E-state index in [1.54, 1.807) is 36.6 Å². The predicted molar refractivity (Wildman–Crippen MR) is 138 cm³/mol. The highest BCUT2D eigenvalue weighted by atomic mass is 32.1. The van der Waals surface area contributed by atoms with Gasteiger partial charge in [-0.1, -0.05) is 17.4 Å². The molecule has 0 bridgehead atoms. The Hall–Kier alpha value is -3.79. The largest absolute Gasteiger partial charge is 0.463 e. The first-order chi connectivity index (χ1) is 18.0. The van der Waals surface area contributed by atoms with Crippen molar-refractivity contribution in [2.45, 2.75) is 39.2 Å². The third-order valence-corrected chi connectivity index (χ3v) is 7.77. The van der Waals surface area contributed by atoms with Gasteiger partial charge in [-0.05, 0) is 56.9 Å². The van der Waals surface area contributed by atoms with Crippen LogP contribution in [0.2, 0.25) is 0 Å². The first kappa shape index (κ1) is 23.6. The van der Waals surface area contributed by atoms with E-state index >= 15 is 0 Å². The number of furan rings is 1. The van der Waals surface area contributed by atoms with E-state index in [1.165, 1.54) is 17.8 Å². The van der Waals surface area contributed by atoms with Crippen LogP contribution in [0.3, 0.4) is 0 Å². The van der Waals surface area contributed by atoms with Gasteiger partial charge < -0.3 is 23.5 Å². The lowest BCUT2D eigenvalue weighted by Crippen LogP contribution is -2.39. The zero-order valence-electron chi connectivity index (χ0n) is 20.7. The Bertz CT molecular complexity index is 1570. The van der Waals surface area contributed by atoms with Gasteiger partial charge in [0.05, 0.1) is 28.5 Å². The van der Waals surface area contributed by atoms with Crippen LogP contribution in [0.5, 0.6) is 11.5 Å². The van der Waals surface area contributed by atoms with Gasteiger partial charge in [0.2, 0.25) is 6.79 Å². The van der Waals surface area contributed by atoms with Crippen molar-refractivity contribution >= 4 is 29.3 Å². The second-order valence-corrected chi connectivity index (χ2v) is 10.1. The second-order valence-electron chi connectivity index (χ2n) is 9.14. The second kappa shape index (κ2) is 9.59. The molecule has 1 saturated heterocycles. The minimum Gasteiger partial charge on any atom is -0.463 e. The molecule has 1 unspecified atom stereocenters. The van der Waals surface area contributed by atoms with E-state index < -0.39 is 12.0 Å². The fourth-order valence-corrected chi connectivity index (χ4v) is 6.05. The van der Waals surface area contributed by atoms with E-state index in [0.29, 0.717) is 43.4 Å². The summed E-state index contributed by atoms with van der Waals surface area (Å²) in [5, 5.41) is 0. The lowest BCUT2D eigenvalue weighted by Gasteiger charge is -2.25. The highest BCUT2D eigenvalue weighted by Crippen LogP contribution is 2.38. The number of piperidine rings is 1. The number of anilines is 1. The molecule has 1 aromatic carbocycles. The number of allylic oxidation sites excluding steroid dienone is 1. The number of aromatic nitrogens is 1. The van der Waals surface area contributed by atoms with Crippen LogP contribution in [0.1, 0.15) is 50.5 Å². The molecule has 3 aliphatic heterocycles. The Labute approximate surface area is 216 Å². The molecule has 37 heavy (non-hydrogen) atoms. The maximum Gasteiger partial charge on any atom is 0.338 e. The number of nitrogens with zero attached hydrogens (tertiary/aromatic N) is 3. The molecule has 0 saturated carbocycles. The van der Waals surface area contributed by atoms with Crippen LogP contribution in [0.25, 0.3) is 6.08 Å². The molecule has 9 nitrogen and oxygen atoms in total. The number of fused-ring (bicyclic) bond motifs is 2. The summed E-state index contributed by atoms with van der Waals surface area (Å²) in [6.07, 6.45) is 5.29. The van der Waals surface area contributed by atoms with Crippen molar-refractivity contribution in [3.8, 4) is 11.5 Å². The molecule has 0 amide bonds. The van der Waals surface area contributed by atoms with E-state index in [9.17, 15) is 9.59 Å². The molecule has 0 radical (unpaired) electrons. The molecular formula is C27H27N3O6S. The van der Waals surface area contributed by atoms with Gasteiger partial charge in [0.25, 0.3) is 5.56 Å². The van der Waals surface area contributed by atoms with Crippen LogP contribution in [0, 0.1) is 0 Å². The number of benzene rings is 1. The SMILES string of the molecule is CCOC(=O)C1=C(C)N=c2s/c(=C\c3ccc(N4CCCCC4)o3)c(=O)n2C1c1ccc2c(c1)OCO2. The number of hydrogen-bond acceptors (Lipinski definition) is 9. The van der Waals surface area contributed by atoms with Crippen molar-refractivity contribution < 1.29 is 23.4 Å². The molecule has 5 heterocycles. The molecule has 6 rings (SSSR count). The number of carbonyl (C=O) groups excluding carboxylic acids is 1. The van der Waals surface area contributed by atoms with Gasteiger partial charge in [0, 0.05) is 25.2 Å². The summed E-state index contributed by atoms with van der Waals surface area (Å²) in [4.78, 5) is 34.2. The Morgan fingerprint density at radius 3 is 2.78 bits per heavy atom. The number of hydrogen-bond donors (Lipinski definition) is 0. The highest BCUT2D eigenvalue weighted by molar-refractivity contribution is 7.07. The minimum absolute atomic E-state index is 0.129. The van der Waals surface area contributed by atoms with Crippen molar-refractivity contribution in [3.05, 3.63) is 72.6 Å². The van der Waals surface area contributed by atoms with Crippen molar-refractivity contribution in [1.29, 1.82) is 0 Å². The van der Waals surface area contributed by atoms with Crippen LogP contribution in [-0.4, -0.2) is 37.0 Å². The minimum atomic E-state index is -0.715. The van der Waals surface area contributed by atoms with Gasteiger partial charge in [-0.15, -0.1) is 0 Å². The van der Waals surface area contributed by atoms with Crippen molar-refractivity contribution in [1.82, 2.24) is 4.57 Å². The Morgan fingerprint density at radius 2 is 1.97 bits per heavy atom. The fraction of sp³-hybridized carbons (Fsp3) is 0.370. The summed E-state index contributed by atoms with van der Waals surface area (Å²) in [6, 6.07) is 8.55. The van der Waals surface area contributed by atoms with Gasteiger partial charge in [-0.3, -0.25) is 9.36 Å². The summed E-state index contributed by atoms with van der Waals surface area (Å²) in [6.45, 7) is 5.80. The standard InChI is InChI=1S/C27H27N3O6S/c1-3-33-26(32)23-16(2)28-27-30(24(23)17-7-9-19-20(13-17)35-15-34-19)25(31)21(37-27)14-18-8-10-22(36-18)29-11-5-4-6-12-29/h7-10,13-14,24H,3-6,11-12,15H2,1-2H3/b21-14-. The van der Waals surface area contributed by atoms with Crippen molar-refractivity contribution in [2.75, 3.05) is 31.4 Å². The van der Waals surface area contributed by atoms with Crippen LogP contribution in [0.4, 0.5) is 5.88 Å². The summed E-state index contributed by atoms with van der Waals surface area (Å²) < 4.78 is 24.5. The molecule has 2 aromatic heterocycles. The Kier molecular flexibility index (Phi) is 6.11. The number of thiazole rings is 1. The molecule has 0 spiro atoms. The van der Waals surface area contributed by atoms with Crippen LogP contribution in [-0.2, 0) is 9.53 Å². The maximum atomic E-state index is 13.8. The average Bonchev–Trinajstić information content (AvgIpc) is 3.63. The maximum absolute atomic E-state index is 13.8. The summed E-state index contributed by atoms with van der Waals surface area (Å²) in [5.41, 5.74) is 1.29. The lowest BCUT2D eigenvalue weighted by molar-refractivity contribution is -0.139. The van der Waals surface area contributed by atoms with Crippen molar-refractivity contribution in [3.63, 3.8) is 0 Å². The zero-order chi connectivity index (χ0) is 25.5. The van der Waals surface area contributed by atoms with Gasteiger partial charge in [-0.2, -0.15) is 0 Å². The summed E-state index contributed by atoms with van der Waals surface area (Å²) >= 11 is 1.27. The predicted octanol–water partition coefficient (Wildman–Crippen LogP) is 3.11. The van der Waals surface area contributed by atoms with Gasteiger partial charge in [0.1, 0.15) is 5.76 Å². The average molecular weight is 522 g/mol. The van der Waals surface area contributed by atoms with E-state index in [1.807, 2.05) is 18.2 Å². The number of ether oxygens (including phenoxy) is 3. The van der Waals surface area contributed by atoms with Gasteiger partial charge in [-0.25, -0.2) is 9.79 Å². The summed E-state index contributed by atoms with van der Waals surface area (Å²) in [5.74, 6) is 2.11. The van der Waals surface area contributed by atoms with E-state index in [-0.39, 0.29) is 19.0 Å². The third kappa shape index (κ3) is 4.25. The van der Waals surface area contributed by atoms with E-state index in [0.717, 1.165) is 31.8 Å².